The highest BCUT2D eigenvalue weighted by molar-refractivity contribution is 6.31. The Morgan fingerprint density at radius 1 is 1.43 bits per heavy atom. The third-order valence-electron chi connectivity index (χ3n) is 4.02. The van der Waals surface area contributed by atoms with Crippen LogP contribution in [0.4, 0.5) is 5.69 Å². The Labute approximate surface area is 128 Å². The fourth-order valence-electron chi connectivity index (χ4n) is 2.50. The minimum atomic E-state index is -0.904. The van der Waals surface area contributed by atoms with Crippen LogP contribution < -0.4 is 10.1 Å². The van der Waals surface area contributed by atoms with Crippen molar-refractivity contribution in [2.24, 2.45) is 5.41 Å². The molecule has 0 spiro atoms. The molecule has 21 heavy (non-hydrogen) atoms. The summed E-state index contributed by atoms with van der Waals surface area (Å²) < 4.78 is 5.18. The van der Waals surface area contributed by atoms with Crippen molar-refractivity contribution < 1.29 is 19.4 Å². The van der Waals surface area contributed by atoms with E-state index in [4.69, 9.17) is 16.3 Å². The van der Waals surface area contributed by atoms with Gasteiger partial charge in [-0.25, -0.2) is 0 Å². The van der Waals surface area contributed by atoms with Crippen LogP contribution in [0.2, 0.25) is 5.02 Å². The van der Waals surface area contributed by atoms with Crippen LogP contribution in [-0.4, -0.2) is 24.1 Å². The second kappa shape index (κ2) is 5.93. The van der Waals surface area contributed by atoms with Gasteiger partial charge in [-0.1, -0.05) is 18.0 Å². The molecule has 2 rings (SSSR count). The molecule has 0 saturated heterocycles. The predicted molar refractivity (Wildman–Crippen MR) is 79.9 cm³/mol. The number of carboxylic acids is 1. The fourth-order valence-corrected chi connectivity index (χ4v) is 2.66. The molecule has 0 aliphatic heterocycles. The monoisotopic (exact) mass is 311 g/mol. The van der Waals surface area contributed by atoms with Crippen molar-refractivity contribution >= 4 is 29.2 Å². The number of benzene rings is 1. The van der Waals surface area contributed by atoms with Crippen molar-refractivity contribution in [3.8, 4) is 5.75 Å². The Morgan fingerprint density at radius 2 is 2.10 bits per heavy atom. The number of halogens is 1. The fraction of sp³-hybridized carbons (Fsp3) is 0.467. The summed E-state index contributed by atoms with van der Waals surface area (Å²) in [5.74, 6) is -0.766. The van der Waals surface area contributed by atoms with Crippen LogP contribution in [0.15, 0.2) is 12.1 Å². The third-order valence-corrected chi connectivity index (χ3v) is 4.43. The van der Waals surface area contributed by atoms with Gasteiger partial charge in [0.1, 0.15) is 5.75 Å². The SMILES string of the molecule is COc1cc(Cl)c(C)cc1NC(=O)CC1(C(=O)O)CCC1. The first-order valence-electron chi connectivity index (χ1n) is 6.75. The smallest absolute Gasteiger partial charge is 0.310 e. The second-order valence-corrected chi connectivity index (χ2v) is 5.87. The summed E-state index contributed by atoms with van der Waals surface area (Å²) in [7, 11) is 1.49. The number of amides is 1. The molecule has 1 aliphatic rings. The number of aliphatic carboxylic acids is 1. The molecule has 0 aromatic heterocycles. The number of hydrogen-bond donors (Lipinski definition) is 2. The third kappa shape index (κ3) is 3.13. The number of nitrogens with one attached hydrogen (secondary N) is 1. The van der Waals surface area contributed by atoms with E-state index in [0.717, 1.165) is 12.0 Å². The number of aryl methyl sites for hydroxylation is 1. The van der Waals surface area contributed by atoms with E-state index >= 15 is 0 Å². The number of methoxy groups -OCH3 is 1. The Kier molecular flexibility index (Phi) is 4.42. The Hall–Kier alpha value is -1.75. The van der Waals surface area contributed by atoms with E-state index in [9.17, 15) is 14.7 Å². The highest BCUT2D eigenvalue weighted by Crippen LogP contribution is 2.44. The molecule has 0 atom stereocenters. The van der Waals surface area contributed by atoms with Gasteiger partial charge in [0.15, 0.2) is 0 Å². The zero-order valence-corrected chi connectivity index (χ0v) is 12.8. The van der Waals surface area contributed by atoms with Crippen molar-refractivity contribution in [2.45, 2.75) is 32.6 Å². The van der Waals surface area contributed by atoms with Gasteiger partial charge in [0.25, 0.3) is 0 Å². The molecule has 114 valence electrons. The number of hydrogen-bond acceptors (Lipinski definition) is 3. The first-order valence-corrected chi connectivity index (χ1v) is 7.13. The molecule has 1 amide bonds. The van der Waals surface area contributed by atoms with Gasteiger partial charge in [-0.2, -0.15) is 0 Å². The molecule has 0 radical (unpaired) electrons. The lowest BCUT2D eigenvalue weighted by Crippen LogP contribution is -2.41. The molecule has 0 unspecified atom stereocenters. The summed E-state index contributed by atoms with van der Waals surface area (Å²) in [6.07, 6.45) is 1.93. The van der Waals surface area contributed by atoms with Crippen LogP contribution in [0.1, 0.15) is 31.2 Å². The van der Waals surface area contributed by atoms with E-state index in [-0.39, 0.29) is 12.3 Å². The summed E-state index contributed by atoms with van der Waals surface area (Å²) in [6.45, 7) is 1.82. The lowest BCUT2D eigenvalue weighted by atomic mass is 9.66. The van der Waals surface area contributed by atoms with E-state index in [0.29, 0.717) is 29.3 Å². The van der Waals surface area contributed by atoms with Crippen LogP contribution in [0.5, 0.6) is 5.75 Å². The summed E-state index contributed by atoms with van der Waals surface area (Å²) in [5.41, 5.74) is 0.410. The molecular formula is C15H18ClNO4. The first-order chi connectivity index (χ1) is 9.88. The van der Waals surface area contributed by atoms with Gasteiger partial charge >= 0.3 is 5.97 Å². The lowest BCUT2D eigenvalue weighted by Gasteiger charge is -2.36. The largest absolute Gasteiger partial charge is 0.495 e. The number of carboxylic acid groups (broad SMARTS) is 1. The van der Waals surface area contributed by atoms with Gasteiger partial charge in [-0.3, -0.25) is 9.59 Å². The van der Waals surface area contributed by atoms with Gasteiger partial charge in [0.05, 0.1) is 18.2 Å². The first kappa shape index (κ1) is 15.6. The molecule has 1 saturated carbocycles. The Bertz CT molecular complexity index is 581. The molecule has 1 aliphatic carbocycles. The van der Waals surface area contributed by atoms with Crippen molar-refractivity contribution in [2.75, 3.05) is 12.4 Å². The number of carbonyl (C=O) groups excluding carboxylic acids is 1. The highest BCUT2D eigenvalue weighted by Gasteiger charge is 2.45. The van der Waals surface area contributed by atoms with E-state index in [1.165, 1.54) is 7.11 Å². The summed E-state index contributed by atoms with van der Waals surface area (Å²) in [5, 5.41) is 12.5. The predicted octanol–water partition coefficient (Wildman–Crippen LogP) is 3.24. The van der Waals surface area contributed by atoms with Crippen molar-refractivity contribution in [1.29, 1.82) is 0 Å². The molecule has 0 bridgehead atoms. The zero-order chi connectivity index (χ0) is 15.6. The van der Waals surface area contributed by atoms with Crippen molar-refractivity contribution in [1.82, 2.24) is 0 Å². The van der Waals surface area contributed by atoms with Crippen molar-refractivity contribution in [3.05, 3.63) is 22.7 Å². The van der Waals surface area contributed by atoms with Gasteiger partial charge in [0, 0.05) is 17.5 Å². The highest BCUT2D eigenvalue weighted by atomic mass is 35.5. The zero-order valence-electron chi connectivity index (χ0n) is 12.0. The van der Waals surface area contributed by atoms with Gasteiger partial charge in [0.2, 0.25) is 5.91 Å². The van der Waals surface area contributed by atoms with Crippen LogP contribution in [0.3, 0.4) is 0 Å². The van der Waals surface area contributed by atoms with E-state index < -0.39 is 11.4 Å². The maximum absolute atomic E-state index is 12.1. The molecule has 1 aromatic carbocycles. The minimum absolute atomic E-state index is 0.0207. The van der Waals surface area contributed by atoms with Crippen LogP contribution in [0, 0.1) is 12.3 Å². The van der Waals surface area contributed by atoms with Crippen LogP contribution >= 0.6 is 11.6 Å². The van der Waals surface area contributed by atoms with Gasteiger partial charge in [-0.15, -0.1) is 0 Å². The van der Waals surface area contributed by atoms with E-state index in [1.54, 1.807) is 12.1 Å². The standard InChI is InChI=1S/C15H18ClNO4/c1-9-6-11(12(21-2)7-10(9)16)17-13(18)8-15(14(19)20)4-3-5-15/h6-7H,3-5,8H2,1-2H3,(H,17,18)(H,19,20). The molecule has 2 N–H and O–H groups in total. The van der Waals surface area contributed by atoms with Gasteiger partial charge < -0.3 is 15.2 Å². The van der Waals surface area contributed by atoms with Crippen LogP contribution in [-0.2, 0) is 9.59 Å². The minimum Gasteiger partial charge on any atom is -0.495 e. The maximum Gasteiger partial charge on any atom is 0.310 e. The number of anilines is 1. The average Bonchev–Trinajstić information content (AvgIpc) is 2.37. The second-order valence-electron chi connectivity index (χ2n) is 5.47. The summed E-state index contributed by atoms with van der Waals surface area (Å²) >= 11 is 6.01. The number of rotatable bonds is 5. The number of ether oxygens (including phenoxy) is 1. The Balaban J connectivity index is 2.13. The molecule has 0 heterocycles. The van der Waals surface area contributed by atoms with E-state index in [2.05, 4.69) is 5.32 Å². The summed E-state index contributed by atoms with van der Waals surface area (Å²) in [6, 6.07) is 3.34. The van der Waals surface area contributed by atoms with Crippen molar-refractivity contribution in [3.63, 3.8) is 0 Å². The Morgan fingerprint density at radius 3 is 2.57 bits per heavy atom. The molecule has 6 heteroatoms. The molecular weight excluding hydrogens is 294 g/mol. The molecule has 1 fully saturated rings. The average molecular weight is 312 g/mol. The van der Waals surface area contributed by atoms with Crippen LogP contribution in [0.25, 0.3) is 0 Å². The lowest BCUT2D eigenvalue weighted by molar-refractivity contribution is -0.157. The molecule has 5 nitrogen and oxygen atoms in total. The summed E-state index contributed by atoms with van der Waals surface area (Å²) in [4.78, 5) is 23.4. The van der Waals surface area contributed by atoms with E-state index in [1.807, 2.05) is 6.92 Å². The quantitative estimate of drug-likeness (QED) is 0.875. The number of carbonyl (C=O) groups is 2. The normalized spacial score (nSPS) is 16.0. The van der Waals surface area contributed by atoms with Gasteiger partial charge in [-0.05, 0) is 31.4 Å². The topological polar surface area (TPSA) is 75.6 Å². The molecule has 1 aromatic rings. The maximum atomic E-state index is 12.1.